The van der Waals surface area contributed by atoms with Gasteiger partial charge < -0.3 is 15.4 Å². The quantitative estimate of drug-likeness (QED) is 0.485. The maximum Gasteiger partial charge on any atom is 0.254 e. The number of carbonyl (C=O) groups excluding carboxylic acids is 1. The Balaban J connectivity index is 1.33. The molecule has 0 spiro atoms. The van der Waals surface area contributed by atoms with Gasteiger partial charge in [-0.3, -0.25) is 9.78 Å². The van der Waals surface area contributed by atoms with E-state index in [0.29, 0.717) is 23.7 Å². The maximum absolute atomic E-state index is 12.4. The SMILES string of the molecule is Cc1cc(Nc2ccc(C(=O)NCC3CCCO3)cc2)n2nc(-c3cccnc3)nc2n1. The molecule has 0 aliphatic carbocycles. The average molecular weight is 429 g/mol. The summed E-state index contributed by atoms with van der Waals surface area (Å²) in [5.41, 5.74) is 3.06. The molecule has 4 aromatic rings. The number of aromatic nitrogens is 5. The molecule has 1 aliphatic heterocycles. The Labute approximate surface area is 184 Å². The molecular formula is C23H23N7O2. The minimum absolute atomic E-state index is 0.105. The van der Waals surface area contributed by atoms with Gasteiger partial charge in [0.05, 0.1) is 6.10 Å². The molecule has 1 aromatic carbocycles. The van der Waals surface area contributed by atoms with Crippen LogP contribution in [0.15, 0.2) is 54.9 Å². The lowest BCUT2D eigenvalue weighted by Crippen LogP contribution is -2.31. The zero-order valence-electron chi connectivity index (χ0n) is 17.7. The summed E-state index contributed by atoms with van der Waals surface area (Å²) in [5.74, 6) is 1.67. The number of fused-ring (bicyclic) bond motifs is 1. The van der Waals surface area contributed by atoms with Gasteiger partial charge in [0, 0.05) is 54.1 Å². The minimum atomic E-state index is -0.105. The van der Waals surface area contributed by atoms with Crippen molar-refractivity contribution in [1.82, 2.24) is 29.9 Å². The van der Waals surface area contributed by atoms with Gasteiger partial charge in [-0.05, 0) is 56.2 Å². The molecule has 1 aliphatic rings. The topological polar surface area (TPSA) is 106 Å². The van der Waals surface area contributed by atoms with Crippen LogP contribution in [0.25, 0.3) is 17.2 Å². The smallest absolute Gasteiger partial charge is 0.254 e. The number of hydrogen-bond acceptors (Lipinski definition) is 7. The van der Waals surface area contributed by atoms with Crippen molar-refractivity contribution in [1.29, 1.82) is 0 Å². The normalized spacial score (nSPS) is 15.7. The molecule has 0 bridgehead atoms. The van der Waals surface area contributed by atoms with Crippen LogP contribution in [0.4, 0.5) is 11.5 Å². The molecule has 1 atom stereocenters. The van der Waals surface area contributed by atoms with Crippen LogP contribution in [0, 0.1) is 6.92 Å². The standard InChI is InChI=1S/C23H23N7O2/c1-15-12-20(30-23(26-15)28-21(29-30)17-4-2-10-24-13-17)27-18-8-6-16(7-9-18)22(31)25-14-19-5-3-11-32-19/h2,4,6-10,12-13,19,27H,3,5,11,14H2,1H3,(H,25,31). The van der Waals surface area contributed by atoms with E-state index in [1.165, 1.54) is 0 Å². The van der Waals surface area contributed by atoms with Gasteiger partial charge in [0.1, 0.15) is 5.82 Å². The zero-order chi connectivity index (χ0) is 21.9. The summed E-state index contributed by atoms with van der Waals surface area (Å²) in [6.45, 7) is 3.22. The number of hydrogen-bond donors (Lipinski definition) is 2. The van der Waals surface area contributed by atoms with Crippen LogP contribution in [0.1, 0.15) is 28.9 Å². The second-order valence-electron chi connectivity index (χ2n) is 7.72. The van der Waals surface area contributed by atoms with Crippen molar-refractivity contribution in [2.45, 2.75) is 25.9 Å². The average Bonchev–Trinajstić information content (AvgIpc) is 3.48. The third-order valence-corrected chi connectivity index (χ3v) is 5.29. The number of nitrogens with one attached hydrogen (secondary N) is 2. The van der Waals surface area contributed by atoms with Crippen molar-refractivity contribution < 1.29 is 9.53 Å². The van der Waals surface area contributed by atoms with E-state index in [0.717, 1.165) is 42.2 Å². The van der Waals surface area contributed by atoms with Gasteiger partial charge >= 0.3 is 0 Å². The van der Waals surface area contributed by atoms with Crippen LogP contribution in [-0.2, 0) is 4.74 Å². The lowest BCUT2D eigenvalue weighted by molar-refractivity contribution is 0.0858. The molecule has 1 fully saturated rings. The fraction of sp³-hybridized carbons (Fsp3) is 0.261. The number of benzene rings is 1. The van der Waals surface area contributed by atoms with E-state index in [4.69, 9.17) is 4.74 Å². The van der Waals surface area contributed by atoms with E-state index in [-0.39, 0.29) is 12.0 Å². The molecule has 4 heterocycles. The summed E-state index contributed by atoms with van der Waals surface area (Å²) >= 11 is 0. The number of carbonyl (C=O) groups is 1. The highest BCUT2D eigenvalue weighted by molar-refractivity contribution is 5.94. The lowest BCUT2D eigenvalue weighted by atomic mass is 10.2. The summed E-state index contributed by atoms with van der Waals surface area (Å²) in [6.07, 6.45) is 5.60. The summed E-state index contributed by atoms with van der Waals surface area (Å²) < 4.78 is 7.22. The molecule has 9 heteroatoms. The third kappa shape index (κ3) is 4.28. The van der Waals surface area contributed by atoms with E-state index < -0.39 is 0 Å². The Hall–Kier alpha value is -3.85. The van der Waals surface area contributed by atoms with Crippen LogP contribution in [-0.4, -0.2) is 49.7 Å². The number of pyridine rings is 1. The van der Waals surface area contributed by atoms with E-state index >= 15 is 0 Å². The summed E-state index contributed by atoms with van der Waals surface area (Å²) in [7, 11) is 0. The van der Waals surface area contributed by atoms with Gasteiger partial charge in [0.15, 0.2) is 5.82 Å². The van der Waals surface area contributed by atoms with Crippen molar-refractivity contribution >= 4 is 23.2 Å². The highest BCUT2D eigenvalue weighted by Crippen LogP contribution is 2.21. The third-order valence-electron chi connectivity index (χ3n) is 5.29. The number of amides is 1. The van der Waals surface area contributed by atoms with E-state index in [1.807, 2.05) is 37.3 Å². The van der Waals surface area contributed by atoms with Crippen molar-refractivity contribution in [2.24, 2.45) is 0 Å². The molecule has 9 nitrogen and oxygen atoms in total. The molecule has 0 saturated carbocycles. The van der Waals surface area contributed by atoms with Crippen LogP contribution < -0.4 is 10.6 Å². The molecule has 1 unspecified atom stereocenters. The van der Waals surface area contributed by atoms with Gasteiger partial charge in [0.2, 0.25) is 0 Å². The number of nitrogens with zero attached hydrogens (tertiary/aromatic N) is 5. The molecule has 1 amide bonds. The minimum Gasteiger partial charge on any atom is -0.376 e. The summed E-state index contributed by atoms with van der Waals surface area (Å²) in [5, 5.41) is 10.9. The molecule has 3 aromatic heterocycles. The largest absolute Gasteiger partial charge is 0.376 e. The summed E-state index contributed by atoms with van der Waals surface area (Å²) in [4.78, 5) is 25.6. The monoisotopic (exact) mass is 429 g/mol. The van der Waals surface area contributed by atoms with Crippen LogP contribution in [0.2, 0.25) is 0 Å². The maximum atomic E-state index is 12.4. The molecule has 162 valence electrons. The first-order chi connectivity index (χ1) is 15.7. The molecule has 5 rings (SSSR count). The first kappa shape index (κ1) is 20.1. The molecule has 1 saturated heterocycles. The van der Waals surface area contributed by atoms with Gasteiger partial charge in [-0.15, -0.1) is 5.10 Å². The highest BCUT2D eigenvalue weighted by Gasteiger charge is 2.17. The predicted molar refractivity (Wildman–Crippen MR) is 120 cm³/mol. The first-order valence-corrected chi connectivity index (χ1v) is 10.6. The number of anilines is 2. The number of ether oxygens (including phenoxy) is 1. The van der Waals surface area contributed by atoms with Crippen molar-refractivity contribution in [2.75, 3.05) is 18.5 Å². The Morgan fingerprint density at radius 1 is 1.22 bits per heavy atom. The molecule has 32 heavy (non-hydrogen) atoms. The van der Waals surface area contributed by atoms with Gasteiger partial charge in [-0.1, -0.05) is 0 Å². The molecular weight excluding hydrogens is 406 g/mol. The number of rotatable bonds is 6. The fourth-order valence-electron chi connectivity index (χ4n) is 3.66. The summed E-state index contributed by atoms with van der Waals surface area (Å²) in [6, 6.07) is 13.0. The fourth-order valence-corrected chi connectivity index (χ4v) is 3.66. The molecule has 0 radical (unpaired) electrons. The van der Waals surface area contributed by atoms with Crippen molar-refractivity contribution in [3.8, 4) is 11.4 Å². The number of aryl methyl sites for hydroxylation is 1. The van der Waals surface area contributed by atoms with Gasteiger partial charge in [-0.2, -0.15) is 9.50 Å². The van der Waals surface area contributed by atoms with Crippen molar-refractivity contribution in [3.63, 3.8) is 0 Å². The molecule has 2 N–H and O–H groups in total. The Morgan fingerprint density at radius 3 is 2.84 bits per heavy atom. The van der Waals surface area contributed by atoms with Crippen LogP contribution in [0.5, 0.6) is 0 Å². The van der Waals surface area contributed by atoms with E-state index in [1.54, 1.807) is 29.0 Å². The van der Waals surface area contributed by atoms with E-state index in [2.05, 4.69) is 30.7 Å². The van der Waals surface area contributed by atoms with Gasteiger partial charge in [-0.25, -0.2) is 4.98 Å². The van der Waals surface area contributed by atoms with Crippen LogP contribution >= 0.6 is 0 Å². The second-order valence-corrected chi connectivity index (χ2v) is 7.72. The predicted octanol–water partition coefficient (Wildman–Crippen LogP) is 3.15. The lowest BCUT2D eigenvalue weighted by Gasteiger charge is -2.12. The first-order valence-electron chi connectivity index (χ1n) is 10.6. The highest BCUT2D eigenvalue weighted by atomic mass is 16.5. The van der Waals surface area contributed by atoms with Crippen LogP contribution in [0.3, 0.4) is 0 Å². The van der Waals surface area contributed by atoms with Crippen molar-refractivity contribution in [3.05, 3.63) is 66.1 Å². The second kappa shape index (κ2) is 8.72. The van der Waals surface area contributed by atoms with E-state index in [9.17, 15) is 4.79 Å². The Morgan fingerprint density at radius 2 is 2.09 bits per heavy atom. The van der Waals surface area contributed by atoms with Gasteiger partial charge in [0.25, 0.3) is 11.7 Å². The Bertz CT molecular complexity index is 1230. The zero-order valence-corrected chi connectivity index (χ0v) is 17.7. The Kier molecular flexibility index (Phi) is 5.47.